The summed E-state index contributed by atoms with van der Waals surface area (Å²) in [6.45, 7) is 2.47. The van der Waals surface area contributed by atoms with Crippen LogP contribution in [-0.2, 0) is 4.74 Å². The first-order chi connectivity index (χ1) is 8.31. The average molecular weight is 239 g/mol. The molecule has 1 unspecified atom stereocenters. The summed E-state index contributed by atoms with van der Waals surface area (Å²) >= 11 is 0. The van der Waals surface area contributed by atoms with Crippen molar-refractivity contribution in [2.75, 3.05) is 33.4 Å². The summed E-state index contributed by atoms with van der Waals surface area (Å²) in [4.78, 5) is 15.2. The second kappa shape index (κ2) is 5.62. The third-order valence-corrected chi connectivity index (χ3v) is 2.80. The fourth-order valence-electron chi connectivity index (χ4n) is 1.90. The van der Waals surface area contributed by atoms with E-state index in [0.717, 1.165) is 13.0 Å². The predicted molar refractivity (Wildman–Crippen MR) is 60.5 cm³/mol. The van der Waals surface area contributed by atoms with Crippen molar-refractivity contribution in [3.63, 3.8) is 0 Å². The van der Waals surface area contributed by atoms with Crippen LogP contribution < -0.4 is 5.32 Å². The van der Waals surface area contributed by atoms with Gasteiger partial charge in [0, 0.05) is 26.7 Å². The molecule has 94 valence electrons. The van der Waals surface area contributed by atoms with E-state index in [-0.39, 0.29) is 12.1 Å². The zero-order chi connectivity index (χ0) is 12.1. The summed E-state index contributed by atoms with van der Waals surface area (Å²) in [5.74, 6) is 0. The van der Waals surface area contributed by atoms with Crippen molar-refractivity contribution >= 4 is 6.03 Å². The zero-order valence-corrected chi connectivity index (χ0v) is 9.87. The van der Waals surface area contributed by atoms with Crippen LogP contribution in [0, 0.1) is 0 Å². The topological polar surface area (TPSA) is 72.3 Å². The van der Waals surface area contributed by atoms with Crippen LogP contribution in [0.2, 0.25) is 0 Å². The monoisotopic (exact) mass is 239 g/mol. The largest absolute Gasteiger partial charge is 0.383 e. The Kier molecular flexibility index (Phi) is 3.92. The number of ether oxygens (including phenoxy) is 1. The lowest BCUT2D eigenvalue weighted by Gasteiger charge is -2.16. The van der Waals surface area contributed by atoms with E-state index in [2.05, 4.69) is 15.5 Å². The molecule has 7 nitrogen and oxygen atoms in total. The summed E-state index contributed by atoms with van der Waals surface area (Å²) in [5, 5.41) is 11.0. The van der Waals surface area contributed by atoms with E-state index in [9.17, 15) is 4.79 Å². The molecule has 17 heavy (non-hydrogen) atoms. The van der Waals surface area contributed by atoms with Crippen molar-refractivity contribution < 1.29 is 9.53 Å². The highest BCUT2D eigenvalue weighted by Crippen LogP contribution is 2.19. The predicted octanol–water partition coefficient (Wildman–Crippen LogP) is -0.119. The van der Waals surface area contributed by atoms with Gasteiger partial charge < -0.3 is 15.0 Å². The molecule has 1 aromatic heterocycles. The van der Waals surface area contributed by atoms with Gasteiger partial charge in [-0.1, -0.05) is 0 Å². The lowest BCUT2D eigenvalue weighted by atomic mass is 10.3. The van der Waals surface area contributed by atoms with Gasteiger partial charge in [0.2, 0.25) is 0 Å². The first kappa shape index (κ1) is 11.8. The van der Waals surface area contributed by atoms with Gasteiger partial charge in [-0.2, -0.15) is 15.0 Å². The van der Waals surface area contributed by atoms with Crippen LogP contribution in [-0.4, -0.2) is 59.3 Å². The maximum atomic E-state index is 11.7. The Hall–Kier alpha value is -1.63. The number of carbonyl (C=O) groups is 1. The molecule has 0 spiro atoms. The zero-order valence-electron chi connectivity index (χ0n) is 9.87. The Morgan fingerprint density at radius 1 is 1.53 bits per heavy atom. The van der Waals surface area contributed by atoms with Crippen LogP contribution in [0.15, 0.2) is 12.4 Å². The first-order valence-corrected chi connectivity index (χ1v) is 5.69. The van der Waals surface area contributed by atoms with Crippen LogP contribution in [0.3, 0.4) is 0 Å². The molecule has 0 aliphatic carbocycles. The number of urea groups is 1. The molecule has 7 heteroatoms. The second-order valence-corrected chi connectivity index (χ2v) is 3.96. The fraction of sp³-hybridized carbons (Fsp3) is 0.700. The van der Waals surface area contributed by atoms with E-state index in [0.29, 0.717) is 19.7 Å². The number of aromatic nitrogens is 3. The van der Waals surface area contributed by atoms with Crippen molar-refractivity contribution in [3.8, 4) is 0 Å². The van der Waals surface area contributed by atoms with Crippen molar-refractivity contribution in [1.29, 1.82) is 0 Å². The Labute approximate surface area is 99.7 Å². The van der Waals surface area contributed by atoms with Gasteiger partial charge in [-0.15, -0.1) is 0 Å². The fourth-order valence-corrected chi connectivity index (χ4v) is 1.90. The molecule has 2 heterocycles. The van der Waals surface area contributed by atoms with E-state index in [4.69, 9.17) is 4.74 Å². The maximum Gasteiger partial charge on any atom is 0.317 e. The van der Waals surface area contributed by atoms with E-state index in [1.165, 1.54) is 0 Å². The second-order valence-electron chi connectivity index (χ2n) is 3.96. The van der Waals surface area contributed by atoms with E-state index in [1.807, 2.05) is 0 Å². The number of hydrogen-bond donors (Lipinski definition) is 1. The third-order valence-electron chi connectivity index (χ3n) is 2.80. The highest BCUT2D eigenvalue weighted by Gasteiger charge is 2.27. The molecule has 1 atom stereocenters. The van der Waals surface area contributed by atoms with Gasteiger partial charge in [0.15, 0.2) is 0 Å². The molecular formula is C10H17N5O2. The number of amides is 2. The number of methoxy groups -OCH3 is 1. The molecule has 0 radical (unpaired) electrons. The minimum atomic E-state index is -0.0447. The van der Waals surface area contributed by atoms with Gasteiger partial charge in [0.25, 0.3) is 0 Å². The van der Waals surface area contributed by atoms with Crippen LogP contribution in [0.4, 0.5) is 4.79 Å². The van der Waals surface area contributed by atoms with Crippen molar-refractivity contribution in [2.45, 2.75) is 12.5 Å². The molecule has 1 aromatic rings. The third kappa shape index (κ3) is 2.94. The first-order valence-electron chi connectivity index (χ1n) is 5.69. The molecule has 1 fully saturated rings. The van der Waals surface area contributed by atoms with Crippen LogP contribution in [0.1, 0.15) is 12.5 Å². The normalized spacial score (nSPS) is 19.6. The minimum absolute atomic E-state index is 0.0447. The number of rotatable bonds is 4. The summed E-state index contributed by atoms with van der Waals surface area (Å²) in [5.41, 5.74) is 0. The summed E-state index contributed by atoms with van der Waals surface area (Å²) in [7, 11) is 1.61. The standard InChI is InChI=1S/C10H17N5O2/c1-17-7-5-11-10(16)14-6-2-9(8-14)15-12-3-4-13-15/h3-4,9H,2,5-8H2,1H3,(H,11,16). The summed E-state index contributed by atoms with van der Waals surface area (Å²) in [6, 6.07) is 0.148. The van der Waals surface area contributed by atoms with Gasteiger partial charge >= 0.3 is 6.03 Å². The Morgan fingerprint density at radius 2 is 2.29 bits per heavy atom. The average Bonchev–Trinajstić information content (AvgIpc) is 3.00. The quantitative estimate of drug-likeness (QED) is 0.744. The molecule has 1 saturated heterocycles. The van der Waals surface area contributed by atoms with Gasteiger partial charge in [-0.3, -0.25) is 0 Å². The molecule has 0 saturated carbocycles. The number of hydrogen-bond acceptors (Lipinski definition) is 4. The van der Waals surface area contributed by atoms with Crippen LogP contribution in [0.5, 0.6) is 0 Å². The van der Waals surface area contributed by atoms with E-state index >= 15 is 0 Å². The van der Waals surface area contributed by atoms with E-state index < -0.39 is 0 Å². The molecule has 0 bridgehead atoms. The van der Waals surface area contributed by atoms with Crippen molar-refractivity contribution in [3.05, 3.63) is 12.4 Å². The van der Waals surface area contributed by atoms with Crippen LogP contribution in [0.25, 0.3) is 0 Å². The lowest BCUT2D eigenvalue weighted by Crippen LogP contribution is -2.40. The number of carbonyl (C=O) groups excluding carboxylic acids is 1. The van der Waals surface area contributed by atoms with Gasteiger partial charge in [-0.05, 0) is 6.42 Å². The Morgan fingerprint density at radius 3 is 3.00 bits per heavy atom. The number of nitrogens with one attached hydrogen (secondary N) is 1. The number of likely N-dealkylation sites (tertiary alicyclic amines) is 1. The Bertz CT molecular complexity index is 354. The highest BCUT2D eigenvalue weighted by molar-refractivity contribution is 5.74. The molecule has 2 rings (SSSR count). The molecule has 2 amide bonds. The Balaban J connectivity index is 1.79. The molecule has 0 aromatic carbocycles. The number of nitrogens with zero attached hydrogens (tertiary/aromatic N) is 4. The van der Waals surface area contributed by atoms with E-state index in [1.54, 1.807) is 29.2 Å². The van der Waals surface area contributed by atoms with Crippen LogP contribution >= 0.6 is 0 Å². The summed E-state index contributed by atoms with van der Waals surface area (Å²) < 4.78 is 4.88. The van der Waals surface area contributed by atoms with Gasteiger partial charge in [0.1, 0.15) is 0 Å². The SMILES string of the molecule is COCCNC(=O)N1CCC(n2nccn2)C1. The molecule has 1 N–H and O–H groups in total. The summed E-state index contributed by atoms with van der Waals surface area (Å²) in [6.07, 6.45) is 4.20. The molecular weight excluding hydrogens is 222 g/mol. The maximum absolute atomic E-state index is 11.7. The minimum Gasteiger partial charge on any atom is -0.383 e. The molecule has 1 aliphatic heterocycles. The van der Waals surface area contributed by atoms with Crippen molar-refractivity contribution in [1.82, 2.24) is 25.2 Å². The smallest absolute Gasteiger partial charge is 0.317 e. The molecule has 1 aliphatic rings. The van der Waals surface area contributed by atoms with Gasteiger partial charge in [0.05, 0.1) is 25.0 Å². The lowest BCUT2D eigenvalue weighted by molar-refractivity contribution is 0.184. The van der Waals surface area contributed by atoms with Gasteiger partial charge in [-0.25, -0.2) is 4.79 Å². The highest BCUT2D eigenvalue weighted by atomic mass is 16.5. The van der Waals surface area contributed by atoms with Crippen molar-refractivity contribution in [2.24, 2.45) is 0 Å².